The second-order valence-electron chi connectivity index (χ2n) is 5.57. The number of nitrogens with zero attached hydrogens (tertiary/aromatic N) is 2. The van der Waals surface area contributed by atoms with Crippen molar-refractivity contribution in [1.82, 2.24) is 4.90 Å². The van der Waals surface area contributed by atoms with E-state index in [9.17, 15) is 0 Å². The fraction of sp³-hybridized carbons (Fsp3) is 0.412. The maximum absolute atomic E-state index is 5.84. The quantitative estimate of drug-likeness (QED) is 0.877. The van der Waals surface area contributed by atoms with Gasteiger partial charge in [0, 0.05) is 31.2 Å². The molecule has 2 aromatic rings. The van der Waals surface area contributed by atoms with Crippen LogP contribution in [0.2, 0.25) is 0 Å². The molecule has 0 aromatic heterocycles. The van der Waals surface area contributed by atoms with Gasteiger partial charge >= 0.3 is 0 Å². The van der Waals surface area contributed by atoms with Crippen molar-refractivity contribution < 1.29 is 0 Å². The van der Waals surface area contributed by atoms with Crippen LogP contribution in [-0.4, -0.2) is 39.1 Å². The summed E-state index contributed by atoms with van der Waals surface area (Å²) in [6, 6.07) is 12.9. The van der Waals surface area contributed by atoms with Gasteiger partial charge in [0.15, 0.2) is 0 Å². The van der Waals surface area contributed by atoms with Crippen LogP contribution >= 0.6 is 0 Å². The highest BCUT2D eigenvalue weighted by Gasteiger charge is 2.08. The zero-order valence-corrected chi connectivity index (χ0v) is 12.8. The summed E-state index contributed by atoms with van der Waals surface area (Å²) >= 11 is 0. The number of anilines is 1. The number of hydrogen-bond acceptors (Lipinski definition) is 3. The predicted octanol–water partition coefficient (Wildman–Crippen LogP) is 2.69. The third kappa shape index (κ3) is 3.30. The Balaban J connectivity index is 2.26. The van der Waals surface area contributed by atoms with Crippen LogP contribution < -0.4 is 10.6 Å². The summed E-state index contributed by atoms with van der Waals surface area (Å²) < 4.78 is 0. The van der Waals surface area contributed by atoms with E-state index in [0.29, 0.717) is 6.54 Å². The summed E-state index contributed by atoms with van der Waals surface area (Å²) in [6.07, 6.45) is 1.16. The van der Waals surface area contributed by atoms with Gasteiger partial charge in [-0.3, -0.25) is 0 Å². The van der Waals surface area contributed by atoms with E-state index in [0.717, 1.165) is 19.5 Å². The third-order valence-electron chi connectivity index (χ3n) is 3.72. The van der Waals surface area contributed by atoms with Gasteiger partial charge in [-0.1, -0.05) is 30.3 Å². The molecule has 0 saturated carbocycles. The molecule has 3 heteroatoms. The Morgan fingerprint density at radius 3 is 2.25 bits per heavy atom. The minimum atomic E-state index is 0.588. The first-order valence-electron chi connectivity index (χ1n) is 7.20. The largest absolute Gasteiger partial charge is 0.374 e. The van der Waals surface area contributed by atoms with Crippen LogP contribution in [0.1, 0.15) is 12.0 Å². The normalized spacial score (nSPS) is 11.2. The molecule has 3 nitrogen and oxygen atoms in total. The maximum atomic E-state index is 5.84. The molecule has 0 radical (unpaired) electrons. The van der Waals surface area contributed by atoms with Gasteiger partial charge in [0.1, 0.15) is 0 Å². The second-order valence-corrected chi connectivity index (χ2v) is 5.57. The second kappa shape index (κ2) is 6.73. The first-order valence-corrected chi connectivity index (χ1v) is 7.20. The number of rotatable bonds is 6. The Kier molecular flexibility index (Phi) is 4.99. The van der Waals surface area contributed by atoms with Crippen molar-refractivity contribution in [1.29, 1.82) is 0 Å². The number of nitrogens with two attached hydrogens (primary N) is 1. The molecule has 0 aliphatic rings. The minimum Gasteiger partial charge on any atom is -0.374 e. The lowest BCUT2D eigenvalue weighted by atomic mass is 10.0. The fourth-order valence-corrected chi connectivity index (χ4v) is 2.60. The Morgan fingerprint density at radius 1 is 0.900 bits per heavy atom. The molecule has 0 unspecified atom stereocenters. The Labute approximate surface area is 122 Å². The summed E-state index contributed by atoms with van der Waals surface area (Å²) in [6.45, 7) is 2.76. The Bertz CT molecular complexity index is 563. The lowest BCUT2D eigenvalue weighted by Gasteiger charge is -2.23. The summed E-state index contributed by atoms with van der Waals surface area (Å²) in [5.74, 6) is 0. The van der Waals surface area contributed by atoms with Crippen LogP contribution in [0, 0.1) is 0 Å². The van der Waals surface area contributed by atoms with Gasteiger partial charge in [0.25, 0.3) is 0 Å². The van der Waals surface area contributed by atoms with Crippen molar-refractivity contribution in [2.24, 2.45) is 5.73 Å². The third-order valence-corrected chi connectivity index (χ3v) is 3.72. The highest BCUT2D eigenvalue weighted by Crippen LogP contribution is 2.28. The van der Waals surface area contributed by atoms with Crippen molar-refractivity contribution in [3.05, 3.63) is 42.0 Å². The average molecular weight is 271 g/mol. The maximum Gasteiger partial charge on any atom is 0.0443 e. The van der Waals surface area contributed by atoms with Crippen molar-refractivity contribution in [3.63, 3.8) is 0 Å². The molecule has 2 N–H and O–H groups in total. The van der Waals surface area contributed by atoms with Crippen molar-refractivity contribution >= 4 is 16.5 Å². The molecule has 0 heterocycles. The van der Waals surface area contributed by atoms with Gasteiger partial charge in [-0.05, 0) is 44.1 Å². The SMILES string of the molecule is CN(C)CCCN(C)c1ccc(CN)c2ccccc12. The molecule has 0 aliphatic carbocycles. The molecule has 2 rings (SSSR count). The van der Waals surface area contributed by atoms with Crippen LogP contribution in [0.5, 0.6) is 0 Å². The topological polar surface area (TPSA) is 32.5 Å². The van der Waals surface area contributed by atoms with Gasteiger partial charge in [0.05, 0.1) is 0 Å². The van der Waals surface area contributed by atoms with Crippen LogP contribution in [0.4, 0.5) is 5.69 Å². The van der Waals surface area contributed by atoms with Gasteiger partial charge < -0.3 is 15.5 Å². The van der Waals surface area contributed by atoms with E-state index in [2.05, 4.69) is 67.3 Å². The van der Waals surface area contributed by atoms with E-state index in [1.165, 1.54) is 22.0 Å². The number of hydrogen-bond donors (Lipinski definition) is 1. The number of benzene rings is 2. The van der Waals surface area contributed by atoms with Gasteiger partial charge in [-0.25, -0.2) is 0 Å². The molecule has 108 valence electrons. The molecule has 20 heavy (non-hydrogen) atoms. The smallest absolute Gasteiger partial charge is 0.0443 e. The summed E-state index contributed by atoms with van der Waals surface area (Å²) in [5, 5.41) is 2.56. The van der Waals surface area contributed by atoms with Gasteiger partial charge in [-0.15, -0.1) is 0 Å². The Hall–Kier alpha value is -1.58. The summed E-state index contributed by atoms with van der Waals surface area (Å²) in [5.41, 5.74) is 8.34. The van der Waals surface area contributed by atoms with Crippen molar-refractivity contribution in [2.75, 3.05) is 39.1 Å². The van der Waals surface area contributed by atoms with E-state index in [4.69, 9.17) is 5.73 Å². The first-order chi connectivity index (χ1) is 9.63. The van der Waals surface area contributed by atoms with Crippen molar-refractivity contribution in [3.8, 4) is 0 Å². The van der Waals surface area contributed by atoms with Crippen molar-refractivity contribution in [2.45, 2.75) is 13.0 Å². The minimum absolute atomic E-state index is 0.588. The zero-order chi connectivity index (χ0) is 14.5. The van der Waals surface area contributed by atoms with E-state index >= 15 is 0 Å². The van der Waals surface area contributed by atoms with Gasteiger partial charge in [-0.2, -0.15) is 0 Å². The molecule has 2 aromatic carbocycles. The molecular weight excluding hydrogens is 246 g/mol. The summed E-state index contributed by atoms with van der Waals surface area (Å²) in [4.78, 5) is 4.57. The first kappa shape index (κ1) is 14.8. The highest BCUT2D eigenvalue weighted by atomic mass is 15.1. The fourth-order valence-electron chi connectivity index (χ4n) is 2.60. The van der Waals surface area contributed by atoms with Crippen LogP contribution in [0.3, 0.4) is 0 Å². The van der Waals surface area contributed by atoms with E-state index in [1.54, 1.807) is 0 Å². The molecule has 0 amide bonds. The molecule has 0 saturated heterocycles. The van der Waals surface area contributed by atoms with Crippen LogP contribution in [0.15, 0.2) is 36.4 Å². The molecule has 0 fully saturated rings. The summed E-state index contributed by atoms with van der Waals surface area (Å²) in [7, 11) is 6.40. The van der Waals surface area contributed by atoms with Crippen LogP contribution in [-0.2, 0) is 6.54 Å². The zero-order valence-electron chi connectivity index (χ0n) is 12.8. The molecular formula is C17H25N3. The highest BCUT2D eigenvalue weighted by molar-refractivity contribution is 5.96. The lowest BCUT2D eigenvalue weighted by molar-refractivity contribution is 0.402. The molecule has 0 spiro atoms. The van der Waals surface area contributed by atoms with Gasteiger partial charge in [0.2, 0.25) is 0 Å². The standard InChI is InChI=1S/C17H25N3/c1-19(2)11-6-12-20(3)17-10-9-14(13-18)15-7-4-5-8-16(15)17/h4-5,7-10H,6,11-13,18H2,1-3H3. The number of fused-ring (bicyclic) bond motifs is 1. The molecule has 0 aliphatic heterocycles. The van der Waals surface area contributed by atoms with Crippen LogP contribution in [0.25, 0.3) is 10.8 Å². The Morgan fingerprint density at radius 2 is 1.60 bits per heavy atom. The monoisotopic (exact) mass is 271 g/mol. The predicted molar refractivity (Wildman–Crippen MR) is 88.3 cm³/mol. The van der Waals surface area contributed by atoms with E-state index in [-0.39, 0.29) is 0 Å². The average Bonchev–Trinajstić information content (AvgIpc) is 2.45. The van der Waals surface area contributed by atoms with E-state index in [1.807, 2.05) is 0 Å². The molecule has 0 bridgehead atoms. The van der Waals surface area contributed by atoms with E-state index < -0.39 is 0 Å². The molecule has 0 atom stereocenters. The lowest BCUT2D eigenvalue weighted by Crippen LogP contribution is -2.23.